The highest BCUT2D eigenvalue weighted by Crippen LogP contribution is 2.29. The summed E-state index contributed by atoms with van der Waals surface area (Å²) in [6.07, 6.45) is -4.06. The molecule has 0 saturated heterocycles. The number of carbonyl (C=O) groups excluding carboxylic acids is 1. The summed E-state index contributed by atoms with van der Waals surface area (Å²) in [6, 6.07) is 6.81. The second kappa shape index (κ2) is 7.96. The number of nitrogen functional groups attached to an aromatic ring is 1. The largest absolute Gasteiger partial charge is 0.453 e. The summed E-state index contributed by atoms with van der Waals surface area (Å²) in [5.74, 6) is 3.50. The molecule has 136 valence electrons. The number of carbonyl (C=O) groups is 1. The Kier molecular flexibility index (Phi) is 6.17. The molecule has 2 rings (SSSR count). The Morgan fingerprint density at radius 2 is 2.00 bits per heavy atom. The number of nitrogens with one attached hydrogen (secondary N) is 1. The topological polar surface area (TPSA) is 85.8 Å². The average molecular weight is 394 g/mol. The third-order valence-corrected chi connectivity index (χ3v) is 4.46. The Morgan fingerprint density at radius 1 is 1.36 bits per heavy atom. The Bertz CT molecular complexity index is 735. The number of hydrogen-bond donors (Lipinski definition) is 2. The maximum Gasteiger partial charge on any atom is 0.453 e. The van der Waals surface area contributed by atoms with Crippen molar-refractivity contribution in [2.75, 3.05) is 11.6 Å². The molecular weight excluding hydrogens is 379 g/mol. The van der Waals surface area contributed by atoms with Crippen LogP contribution in [0.25, 0.3) is 0 Å². The van der Waals surface area contributed by atoms with Gasteiger partial charge in [-0.15, -0.1) is 10.2 Å². The number of amides is 1. The molecule has 1 heterocycles. The Balaban J connectivity index is 1.96. The summed E-state index contributed by atoms with van der Waals surface area (Å²) >= 11 is 6.61. The molecule has 1 atom stereocenters. The van der Waals surface area contributed by atoms with E-state index >= 15 is 0 Å². The summed E-state index contributed by atoms with van der Waals surface area (Å²) in [4.78, 5) is 12.1. The molecule has 0 aliphatic rings. The van der Waals surface area contributed by atoms with Crippen LogP contribution in [-0.4, -0.2) is 26.5 Å². The van der Waals surface area contributed by atoms with Crippen LogP contribution in [0.2, 0.25) is 5.02 Å². The van der Waals surface area contributed by atoms with Crippen LogP contribution in [0, 0.1) is 0 Å². The fourth-order valence-corrected chi connectivity index (χ4v) is 2.84. The lowest BCUT2D eigenvalue weighted by atomic mass is 10.0. The maximum atomic E-state index is 12.6. The van der Waals surface area contributed by atoms with Crippen molar-refractivity contribution in [1.29, 1.82) is 0 Å². The second-order valence-electron chi connectivity index (χ2n) is 5.04. The fourth-order valence-electron chi connectivity index (χ4n) is 2.05. The van der Waals surface area contributed by atoms with Crippen LogP contribution in [0.4, 0.5) is 13.2 Å². The van der Waals surface area contributed by atoms with Gasteiger partial charge in [0.25, 0.3) is 5.82 Å². The highest BCUT2D eigenvalue weighted by Gasteiger charge is 2.38. The van der Waals surface area contributed by atoms with Crippen molar-refractivity contribution in [3.05, 3.63) is 40.7 Å². The van der Waals surface area contributed by atoms with E-state index < -0.39 is 12.0 Å². The van der Waals surface area contributed by atoms with Crippen LogP contribution in [0.15, 0.2) is 29.4 Å². The number of hydrogen-bond acceptors (Lipinski definition) is 5. The van der Waals surface area contributed by atoms with Crippen molar-refractivity contribution >= 4 is 29.3 Å². The Hall–Kier alpha value is -1.94. The van der Waals surface area contributed by atoms with Gasteiger partial charge < -0.3 is 11.2 Å². The lowest BCUT2D eigenvalue weighted by molar-refractivity contribution is -0.146. The first-order valence-corrected chi connectivity index (χ1v) is 8.54. The summed E-state index contributed by atoms with van der Waals surface area (Å²) in [7, 11) is 0. The van der Waals surface area contributed by atoms with Gasteiger partial charge in [-0.3, -0.25) is 4.79 Å². The lowest BCUT2D eigenvalue weighted by Crippen LogP contribution is -2.30. The van der Waals surface area contributed by atoms with Crippen molar-refractivity contribution in [2.24, 2.45) is 0 Å². The Morgan fingerprint density at radius 3 is 2.52 bits per heavy atom. The first kappa shape index (κ1) is 19.4. The first-order chi connectivity index (χ1) is 11.7. The molecule has 0 bridgehead atoms. The molecule has 0 aliphatic heterocycles. The second-order valence-corrected chi connectivity index (χ2v) is 6.42. The molecule has 1 unspecified atom stereocenters. The smallest absolute Gasteiger partial charge is 0.349 e. The predicted molar refractivity (Wildman–Crippen MR) is 88.5 cm³/mol. The van der Waals surface area contributed by atoms with E-state index in [0.29, 0.717) is 16.1 Å². The van der Waals surface area contributed by atoms with Gasteiger partial charge in [0.1, 0.15) is 0 Å². The van der Waals surface area contributed by atoms with Crippen LogP contribution >= 0.6 is 23.4 Å². The molecule has 11 heteroatoms. The van der Waals surface area contributed by atoms with Gasteiger partial charge in [-0.25, -0.2) is 4.68 Å². The van der Waals surface area contributed by atoms with Gasteiger partial charge in [0.15, 0.2) is 0 Å². The molecule has 2 aromatic rings. The molecule has 1 aromatic carbocycles. The quantitative estimate of drug-likeness (QED) is 0.582. The van der Waals surface area contributed by atoms with Crippen molar-refractivity contribution in [1.82, 2.24) is 20.2 Å². The van der Waals surface area contributed by atoms with E-state index in [-0.39, 0.29) is 22.9 Å². The predicted octanol–water partition coefficient (Wildman–Crippen LogP) is 3.02. The average Bonchev–Trinajstić information content (AvgIpc) is 2.92. The molecule has 0 fully saturated rings. The molecule has 1 aromatic heterocycles. The molecule has 3 N–H and O–H groups in total. The molecule has 25 heavy (non-hydrogen) atoms. The molecule has 0 saturated carbocycles. The van der Waals surface area contributed by atoms with E-state index in [1.165, 1.54) is 0 Å². The summed E-state index contributed by atoms with van der Waals surface area (Å²) in [5, 5.41) is 9.55. The summed E-state index contributed by atoms with van der Waals surface area (Å²) < 4.78 is 38.1. The highest BCUT2D eigenvalue weighted by atomic mass is 35.5. The van der Waals surface area contributed by atoms with Gasteiger partial charge >= 0.3 is 6.18 Å². The number of rotatable bonds is 6. The monoisotopic (exact) mass is 393 g/mol. The SMILES string of the molecule is CCC(NC(=O)CSc1nnc(C(F)(F)F)n1N)c1ccc(Cl)cc1. The molecule has 0 spiro atoms. The van der Waals surface area contributed by atoms with Crippen LogP contribution in [0.3, 0.4) is 0 Å². The van der Waals surface area contributed by atoms with E-state index in [0.717, 1.165) is 17.3 Å². The third-order valence-electron chi connectivity index (χ3n) is 3.27. The standard InChI is InChI=1S/C14H15ClF3N5OS/c1-2-10(8-3-5-9(15)6-4-8)20-11(24)7-25-13-22-21-12(23(13)19)14(16,17)18/h3-6,10H,2,7,19H2,1H3,(H,20,24). The van der Waals surface area contributed by atoms with Gasteiger partial charge in [0, 0.05) is 5.02 Å². The molecule has 1 amide bonds. The Labute approximate surface area is 150 Å². The zero-order valence-electron chi connectivity index (χ0n) is 13.0. The van der Waals surface area contributed by atoms with Crippen molar-refractivity contribution in [2.45, 2.75) is 30.7 Å². The molecule has 0 aliphatic carbocycles. The van der Waals surface area contributed by atoms with Crippen LogP contribution in [0.5, 0.6) is 0 Å². The minimum Gasteiger partial charge on any atom is -0.349 e. The van der Waals surface area contributed by atoms with Gasteiger partial charge in [0.2, 0.25) is 11.1 Å². The number of nitrogens with zero attached hydrogens (tertiary/aromatic N) is 3. The number of halogens is 4. The van der Waals surface area contributed by atoms with E-state index in [2.05, 4.69) is 15.5 Å². The van der Waals surface area contributed by atoms with E-state index in [1.807, 2.05) is 6.92 Å². The van der Waals surface area contributed by atoms with Crippen LogP contribution in [-0.2, 0) is 11.0 Å². The van der Waals surface area contributed by atoms with Gasteiger partial charge in [0.05, 0.1) is 11.8 Å². The zero-order chi connectivity index (χ0) is 18.6. The lowest BCUT2D eigenvalue weighted by Gasteiger charge is -2.17. The number of aromatic nitrogens is 3. The molecular formula is C14H15ClF3N5OS. The zero-order valence-corrected chi connectivity index (χ0v) is 14.6. The van der Waals surface area contributed by atoms with Gasteiger partial charge in [-0.1, -0.05) is 42.4 Å². The fraction of sp³-hybridized carbons (Fsp3) is 0.357. The van der Waals surface area contributed by atoms with Gasteiger partial charge in [-0.2, -0.15) is 13.2 Å². The van der Waals surface area contributed by atoms with Crippen LogP contribution in [0.1, 0.15) is 30.8 Å². The minimum absolute atomic E-state index is 0.142. The van der Waals surface area contributed by atoms with E-state index in [1.54, 1.807) is 24.3 Å². The number of thioether (sulfide) groups is 1. The number of nitrogens with two attached hydrogens (primary N) is 1. The summed E-state index contributed by atoms with van der Waals surface area (Å²) in [6.45, 7) is 1.90. The van der Waals surface area contributed by atoms with Crippen molar-refractivity contribution < 1.29 is 18.0 Å². The minimum atomic E-state index is -4.70. The maximum absolute atomic E-state index is 12.6. The normalized spacial score (nSPS) is 12.8. The molecule has 0 radical (unpaired) electrons. The van der Waals surface area contributed by atoms with Crippen LogP contribution < -0.4 is 11.2 Å². The van der Waals surface area contributed by atoms with Gasteiger partial charge in [-0.05, 0) is 24.1 Å². The van der Waals surface area contributed by atoms with Crippen molar-refractivity contribution in [3.8, 4) is 0 Å². The number of alkyl halides is 3. The third kappa shape index (κ3) is 5.02. The summed E-state index contributed by atoms with van der Waals surface area (Å²) in [5.41, 5.74) is 0.881. The van der Waals surface area contributed by atoms with E-state index in [4.69, 9.17) is 17.4 Å². The van der Waals surface area contributed by atoms with E-state index in [9.17, 15) is 18.0 Å². The number of benzene rings is 1. The first-order valence-electron chi connectivity index (χ1n) is 7.17. The highest BCUT2D eigenvalue weighted by molar-refractivity contribution is 7.99. The van der Waals surface area contributed by atoms with Crippen molar-refractivity contribution in [3.63, 3.8) is 0 Å². The molecule has 6 nitrogen and oxygen atoms in total.